The number of methoxy groups -OCH3 is 2. The highest BCUT2D eigenvalue weighted by Gasteiger charge is 2.22. The third-order valence-electron chi connectivity index (χ3n) is 5.56. The lowest BCUT2D eigenvalue weighted by Crippen LogP contribution is -2.18. The topological polar surface area (TPSA) is 86.6 Å². The van der Waals surface area contributed by atoms with E-state index in [0.29, 0.717) is 33.7 Å². The van der Waals surface area contributed by atoms with Gasteiger partial charge < -0.3 is 19.4 Å². The summed E-state index contributed by atoms with van der Waals surface area (Å²) < 4.78 is 38.8. The third-order valence-corrected chi connectivity index (χ3v) is 7.27. The lowest BCUT2D eigenvalue weighted by Gasteiger charge is -2.12. The highest BCUT2D eigenvalue weighted by Crippen LogP contribution is 2.30. The number of aryl methyl sites for hydroxylation is 1. The molecule has 1 heterocycles. The Labute approximate surface area is 198 Å². The molecule has 0 atom stereocenters. The molecule has 4 rings (SSSR count). The van der Waals surface area contributed by atoms with Crippen LogP contribution in [0.15, 0.2) is 77.8 Å². The summed E-state index contributed by atoms with van der Waals surface area (Å²) in [5.41, 5.74) is 2.95. The minimum absolute atomic E-state index is 0.0598. The molecule has 0 aliphatic rings. The molecule has 0 aliphatic heterocycles. The van der Waals surface area contributed by atoms with E-state index < -0.39 is 9.84 Å². The van der Waals surface area contributed by atoms with Gasteiger partial charge in [0.1, 0.15) is 18.0 Å². The Bertz CT molecular complexity index is 1440. The number of ether oxygens (including phenoxy) is 2. The maximum Gasteiger partial charge on any atom is 0.244 e. The zero-order chi connectivity index (χ0) is 24.3. The molecule has 0 radical (unpaired) electrons. The third kappa shape index (κ3) is 4.92. The zero-order valence-electron chi connectivity index (χ0n) is 19.2. The molecule has 0 aliphatic carbocycles. The van der Waals surface area contributed by atoms with Gasteiger partial charge in [0.2, 0.25) is 5.91 Å². The van der Waals surface area contributed by atoms with Crippen molar-refractivity contribution in [1.29, 1.82) is 0 Å². The molecule has 8 heteroatoms. The predicted molar refractivity (Wildman–Crippen MR) is 132 cm³/mol. The minimum atomic E-state index is -3.63. The number of amides is 1. The smallest absolute Gasteiger partial charge is 0.244 e. The molecule has 0 spiro atoms. The average Bonchev–Trinajstić information content (AvgIpc) is 3.20. The Balaban J connectivity index is 1.62. The second-order valence-electron chi connectivity index (χ2n) is 8.00. The van der Waals surface area contributed by atoms with Gasteiger partial charge in [-0.1, -0.05) is 48.0 Å². The van der Waals surface area contributed by atoms with Gasteiger partial charge in [-0.2, -0.15) is 0 Å². The van der Waals surface area contributed by atoms with Gasteiger partial charge in [-0.05, 0) is 30.7 Å². The van der Waals surface area contributed by atoms with Gasteiger partial charge in [-0.3, -0.25) is 4.79 Å². The fraction of sp³-hybridized carbons (Fsp3) is 0.192. The lowest BCUT2D eigenvalue weighted by atomic mass is 10.2. The maximum atomic E-state index is 13.3. The second-order valence-corrected chi connectivity index (χ2v) is 9.96. The number of hydrogen-bond acceptors (Lipinski definition) is 5. The molecule has 7 nitrogen and oxygen atoms in total. The summed E-state index contributed by atoms with van der Waals surface area (Å²) in [5, 5.41) is 3.42. The van der Waals surface area contributed by atoms with E-state index in [1.165, 1.54) is 7.11 Å². The summed E-state index contributed by atoms with van der Waals surface area (Å²) in [4.78, 5) is 13.1. The van der Waals surface area contributed by atoms with Gasteiger partial charge in [0.05, 0.1) is 30.6 Å². The maximum absolute atomic E-state index is 13.3. The Kier molecular flexibility index (Phi) is 6.61. The highest BCUT2D eigenvalue weighted by atomic mass is 32.2. The number of anilines is 1. The van der Waals surface area contributed by atoms with Crippen molar-refractivity contribution in [2.75, 3.05) is 19.5 Å². The van der Waals surface area contributed by atoms with Crippen LogP contribution in [0.3, 0.4) is 0 Å². The summed E-state index contributed by atoms with van der Waals surface area (Å²) in [6, 6.07) is 19.7. The molecular formula is C26H26N2O5S. The monoisotopic (exact) mass is 478 g/mol. The number of sulfone groups is 1. The second kappa shape index (κ2) is 9.61. The van der Waals surface area contributed by atoms with Crippen molar-refractivity contribution in [3.8, 4) is 11.5 Å². The quantitative estimate of drug-likeness (QED) is 0.401. The van der Waals surface area contributed by atoms with Crippen LogP contribution >= 0.6 is 0 Å². The van der Waals surface area contributed by atoms with E-state index in [9.17, 15) is 13.2 Å². The molecule has 0 saturated carbocycles. The fourth-order valence-corrected chi connectivity index (χ4v) is 5.40. The lowest BCUT2D eigenvalue weighted by molar-refractivity contribution is -0.116. The summed E-state index contributed by atoms with van der Waals surface area (Å²) in [6.45, 7) is 1.90. The number of carbonyl (C=O) groups excluding carboxylic acids is 1. The first kappa shape index (κ1) is 23.4. The Morgan fingerprint density at radius 2 is 1.71 bits per heavy atom. The van der Waals surface area contributed by atoms with Gasteiger partial charge in [0.25, 0.3) is 0 Å². The number of benzene rings is 3. The Hall–Kier alpha value is -3.78. The van der Waals surface area contributed by atoms with Crippen LogP contribution in [0.5, 0.6) is 11.5 Å². The molecule has 0 fully saturated rings. The van der Waals surface area contributed by atoms with E-state index in [0.717, 1.165) is 5.56 Å². The van der Waals surface area contributed by atoms with Gasteiger partial charge in [-0.15, -0.1) is 0 Å². The molecule has 176 valence electrons. The number of para-hydroxylation sites is 1. The van der Waals surface area contributed by atoms with Crippen LogP contribution in [0.25, 0.3) is 10.9 Å². The van der Waals surface area contributed by atoms with Crippen molar-refractivity contribution in [3.63, 3.8) is 0 Å². The fourth-order valence-electron chi connectivity index (χ4n) is 3.82. The first-order chi connectivity index (χ1) is 16.3. The zero-order valence-corrected chi connectivity index (χ0v) is 20.1. The molecular weight excluding hydrogens is 452 g/mol. The number of nitrogens with zero attached hydrogens (tertiary/aromatic N) is 1. The number of aromatic nitrogens is 1. The Morgan fingerprint density at radius 1 is 0.971 bits per heavy atom. The van der Waals surface area contributed by atoms with Crippen molar-refractivity contribution in [2.24, 2.45) is 0 Å². The van der Waals surface area contributed by atoms with E-state index >= 15 is 0 Å². The van der Waals surface area contributed by atoms with E-state index in [2.05, 4.69) is 5.32 Å². The molecule has 0 unspecified atom stereocenters. The highest BCUT2D eigenvalue weighted by molar-refractivity contribution is 7.90. The number of hydrogen-bond donors (Lipinski definition) is 1. The molecule has 1 amide bonds. The molecule has 3 aromatic carbocycles. The van der Waals surface area contributed by atoms with Crippen LogP contribution in [0.2, 0.25) is 0 Å². The number of fused-ring (bicyclic) bond motifs is 1. The van der Waals surface area contributed by atoms with Gasteiger partial charge in [-0.25, -0.2) is 8.42 Å². The number of nitrogens with one attached hydrogen (secondary N) is 1. The normalized spacial score (nSPS) is 11.4. The van der Waals surface area contributed by atoms with Gasteiger partial charge in [0.15, 0.2) is 9.84 Å². The first-order valence-corrected chi connectivity index (χ1v) is 12.3. The van der Waals surface area contributed by atoms with E-state index in [4.69, 9.17) is 9.47 Å². The van der Waals surface area contributed by atoms with Gasteiger partial charge in [0, 0.05) is 23.2 Å². The standard InChI is InChI=1S/C26H26N2O5S/c1-18-8-10-19(11-9-18)17-34(30,31)25-15-28(23-7-5-4-6-21(23)25)16-26(29)27-22-13-12-20(32-2)14-24(22)33-3/h4-15H,16-17H2,1-3H3,(H,27,29). The SMILES string of the molecule is COc1ccc(NC(=O)Cn2cc(S(=O)(=O)Cc3ccc(C)cc3)c3ccccc32)c(OC)c1. The minimum Gasteiger partial charge on any atom is -0.497 e. The van der Waals surface area contributed by atoms with E-state index in [1.54, 1.807) is 48.2 Å². The predicted octanol–water partition coefficient (Wildman–Crippen LogP) is 4.58. The molecule has 1 N–H and O–H groups in total. The number of carbonyl (C=O) groups is 1. The Morgan fingerprint density at radius 3 is 2.41 bits per heavy atom. The van der Waals surface area contributed by atoms with Crippen molar-refractivity contribution in [3.05, 3.63) is 84.1 Å². The molecule has 0 bridgehead atoms. The average molecular weight is 479 g/mol. The summed E-state index contributed by atoms with van der Waals surface area (Å²) in [6.07, 6.45) is 1.54. The molecule has 1 aromatic heterocycles. The largest absolute Gasteiger partial charge is 0.497 e. The molecule has 0 saturated heterocycles. The summed E-state index contributed by atoms with van der Waals surface area (Å²) in [5.74, 6) is 0.643. The first-order valence-electron chi connectivity index (χ1n) is 10.7. The van der Waals surface area contributed by atoms with Crippen LogP contribution in [-0.4, -0.2) is 33.1 Å². The van der Waals surface area contributed by atoms with Crippen LogP contribution in [0, 0.1) is 6.92 Å². The number of rotatable bonds is 8. The van der Waals surface area contributed by atoms with E-state index in [1.807, 2.05) is 43.3 Å². The summed E-state index contributed by atoms with van der Waals surface area (Å²) in [7, 11) is -0.572. The molecule has 4 aromatic rings. The summed E-state index contributed by atoms with van der Waals surface area (Å²) >= 11 is 0. The van der Waals surface area contributed by atoms with Crippen molar-refractivity contribution in [2.45, 2.75) is 24.1 Å². The van der Waals surface area contributed by atoms with Crippen LogP contribution < -0.4 is 14.8 Å². The van der Waals surface area contributed by atoms with Crippen molar-refractivity contribution < 1.29 is 22.7 Å². The van der Waals surface area contributed by atoms with Gasteiger partial charge >= 0.3 is 0 Å². The van der Waals surface area contributed by atoms with Crippen molar-refractivity contribution >= 4 is 32.3 Å². The van der Waals surface area contributed by atoms with E-state index in [-0.39, 0.29) is 23.1 Å². The van der Waals surface area contributed by atoms with Crippen molar-refractivity contribution in [1.82, 2.24) is 4.57 Å². The van der Waals surface area contributed by atoms with Crippen LogP contribution in [0.4, 0.5) is 5.69 Å². The molecule has 34 heavy (non-hydrogen) atoms. The van der Waals surface area contributed by atoms with Crippen LogP contribution in [0.1, 0.15) is 11.1 Å². The van der Waals surface area contributed by atoms with Crippen LogP contribution in [-0.2, 0) is 26.9 Å².